The fraction of sp³-hybridized carbons (Fsp3) is 0.387. The van der Waals surface area contributed by atoms with Crippen molar-refractivity contribution in [2.45, 2.75) is 43.1 Å². The zero-order chi connectivity index (χ0) is 27.9. The fourth-order valence-corrected chi connectivity index (χ4v) is 6.85. The van der Waals surface area contributed by atoms with Gasteiger partial charge >= 0.3 is 5.97 Å². The average Bonchev–Trinajstić information content (AvgIpc) is 3.38. The summed E-state index contributed by atoms with van der Waals surface area (Å²) in [4.78, 5) is 45.4. The number of cyclic esters (lactones) is 1. The van der Waals surface area contributed by atoms with E-state index in [-0.39, 0.29) is 25.7 Å². The topological polar surface area (TPSA) is 96.4 Å². The first-order valence-corrected chi connectivity index (χ1v) is 14.1. The Kier molecular flexibility index (Phi) is 7.25. The molecule has 208 valence electrons. The van der Waals surface area contributed by atoms with E-state index in [9.17, 15) is 19.5 Å². The highest BCUT2D eigenvalue weighted by Gasteiger charge is 2.72. The number of esters is 1. The van der Waals surface area contributed by atoms with Crippen LogP contribution in [0.4, 0.5) is 5.69 Å². The van der Waals surface area contributed by atoms with Gasteiger partial charge in [0.1, 0.15) is 17.6 Å². The molecule has 9 heteroatoms. The number of halogens is 1. The number of hydrogen-bond donors (Lipinski definition) is 1. The van der Waals surface area contributed by atoms with E-state index in [0.717, 1.165) is 5.56 Å². The largest absolute Gasteiger partial charge is 0.465 e. The third-order valence-electron chi connectivity index (χ3n) is 8.35. The summed E-state index contributed by atoms with van der Waals surface area (Å²) in [5.41, 5.74) is -0.00893. The average molecular weight is 563 g/mol. The lowest BCUT2D eigenvalue weighted by molar-refractivity contribution is -0.155. The number of aliphatic hydroxyl groups excluding tert-OH is 1. The lowest BCUT2D eigenvalue weighted by Crippen LogP contribution is -2.58. The van der Waals surface area contributed by atoms with Crippen LogP contribution in [-0.4, -0.2) is 71.3 Å². The molecule has 0 bridgehead atoms. The van der Waals surface area contributed by atoms with Crippen LogP contribution in [0.5, 0.6) is 0 Å². The fourth-order valence-electron chi connectivity index (χ4n) is 6.61. The summed E-state index contributed by atoms with van der Waals surface area (Å²) in [6.45, 7) is 0.0776. The standard InChI is InChI=1S/C31H31ClN2O6/c32-22-12-6-7-13-23(22)33-16-9-15-31-26(25-24(40-31)14-5-2-8-17-39-30(25)38)28(36)34(27(31)29(33)37)21(19-35)18-20-10-3-1-4-11-20/h1,3-7,9-15,21,24-27,35H,2,8,16-19H2/b14-5-/t21-,24+,25-,26+,27?,31+/m1/s1. The van der Waals surface area contributed by atoms with Crippen LogP contribution in [0.1, 0.15) is 18.4 Å². The van der Waals surface area contributed by atoms with Crippen LogP contribution in [0.2, 0.25) is 5.02 Å². The number of benzene rings is 2. The van der Waals surface area contributed by atoms with Gasteiger partial charge in [-0.15, -0.1) is 0 Å². The van der Waals surface area contributed by atoms with Crippen molar-refractivity contribution >= 4 is 35.1 Å². The number of ether oxygens (including phenoxy) is 2. The minimum absolute atomic E-state index is 0.205. The van der Waals surface area contributed by atoms with Gasteiger partial charge in [-0.3, -0.25) is 14.4 Å². The number of allylic oxidation sites excluding steroid dienone is 1. The van der Waals surface area contributed by atoms with Crippen LogP contribution in [0.3, 0.4) is 0 Å². The third kappa shape index (κ3) is 4.35. The Bertz CT molecular complexity index is 1360. The molecule has 0 radical (unpaired) electrons. The second-order valence-corrected chi connectivity index (χ2v) is 11.1. The number of nitrogens with zero attached hydrogens (tertiary/aromatic N) is 2. The van der Waals surface area contributed by atoms with Crippen molar-refractivity contribution < 1.29 is 29.0 Å². The Labute approximate surface area is 237 Å². The van der Waals surface area contributed by atoms with Crippen LogP contribution in [0.25, 0.3) is 0 Å². The lowest BCUT2D eigenvalue weighted by atomic mass is 9.78. The quantitative estimate of drug-likeness (QED) is 0.444. The van der Waals surface area contributed by atoms with Gasteiger partial charge < -0.3 is 24.4 Å². The third-order valence-corrected chi connectivity index (χ3v) is 8.67. The summed E-state index contributed by atoms with van der Waals surface area (Å²) in [6.07, 6.45) is 8.32. The van der Waals surface area contributed by atoms with Gasteiger partial charge in [-0.1, -0.05) is 78.4 Å². The summed E-state index contributed by atoms with van der Waals surface area (Å²) < 4.78 is 12.2. The molecule has 0 aliphatic carbocycles. The van der Waals surface area contributed by atoms with Gasteiger partial charge in [0.05, 0.1) is 42.0 Å². The van der Waals surface area contributed by atoms with E-state index >= 15 is 0 Å². The van der Waals surface area contributed by atoms with Crippen LogP contribution in [0, 0.1) is 11.8 Å². The summed E-state index contributed by atoms with van der Waals surface area (Å²) in [6, 6.07) is 14.7. The highest BCUT2D eigenvalue weighted by atomic mass is 35.5. The second-order valence-electron chi connectivity index (χ2n) is 10.7. The minimum atomic E-state index is -1.42. The Morgan fingerprint density at radius 2 is 1.80 bits per heavy atom. The monoisotopic (exact) mass is 562 g/mol. The maximum Gasteiger partial charge on any atom is 0.312 e. The lowest BCUT2D eigenvalue weighted by Gasteiger charge is -2.38. The molecule has 0 saturated carbocycles. The number of amides is 2. The normalized spacial score (nSPS) is 31.3. The number of rotatable bonds is 5. The SMILES string of the molecule is O=C1OCCC/C=C\[C@@H]2O[C@]34C=CCN(c5ccccc5Cl)C(=O)C3N([C@@H](CO)Cc3ccccc3)C(=O)[C@@H]4[C@H]12. The van der Waals surface area contributed by atoms with Gasteiger partial charge in [0.15, 0.2) is 0 Å². The zero-order valence-corrected chi connectivity index (χ0v) is 22.7. The zero-order valence-electron chi connectivity index (χ0n) is 21.9. The van der Waals surface area contributed by atoms with Crippen LogP contribution in [0.15, 0.2) is 78.9 Å². The van der Waals surface area contributed by atoms with Gasteiger partial charge in [-0.2, -0.15) is 0 Å². The molecule has 1 spiro atoms. The van der Waals surface area contributed by atoms with E-state index in [1.165, 1.54) is 4.90 Å². The number of carbonyl (C=O) groups is 3. The molecule has 4 aliphatic rings. The van der Waals surface area contributed by atoms with Crippen molar-refractivity contribution in [3.8, 4) is 0 Å². The Balaban J connectivity index is 1.48. The van der Waals surface area contributed by atoms with Crippen molar-refractivity contribution in [2.24, 2.45) is 11.8 Å². The number of para-hydroxylation sites is 1. The van der Waals surface area contributed by atoms with Crippen molar-refractivity contribution in [1.82, 2.24) is 4.90 Å². The van der Waals surface area contributed by atoms with Crippen molar-refractivity contribution in [2.75, 3.05) is 24.7 Å². The first-order valence-electron chi connectivity index (χ1n) is 13.7. The van der Waals surface area contributed by atoms with Crippen LogP contribution in [-0.2, 0) is 30.3 Å². The molecule has 2 saturated heterocycles. The summed E-state index contributed by atoms with van der Waals surface area (Å²) in [7, 11) is 0. The molecular weight excluding hydrogens is 532 g/mol. The van der Waals surface area contributed by atoms with E-state index in [1.54, 1.807) is 41.3 Å². The Hall–Kier alpha value is -3.46. The summed E-state index contributed by atoms with van der Waals surface area (Å²) >= 11 is 6.52. The number of likely N-dealkylation sites (tertiary alicyclic amines) is 1. The molecule has 2 aromatic rings. The Morgan fingerprint density at radius 3 is 2.58 bits per heavy atom. The smallest absolute Gasteiger partial charge is 0.312 e. The molecule has 4 heterocycles. The summed E-state index contributed by atoms with van der Waals surface area (Å²) in [5, 5.41) is 11.0. The summed E-state index contributed by atoms with van der Waals surface area (Å²) in [5.74, 6) is -3.21. The molecule has 1 N–H and O–H groups in total. The van der Waals surface area contributed by atoms with Crippen molar-refractivity contribution in [1.29, 1.82) is 0 Å². The predicted octanol–water partition coefficient (Wildman–Crippen LogP) is 3.32. The number of fused-ring (bicyclic) bond motifs is 2. The molecule has 1 unspecified atom stereocenters. The van der Waals surface area contributed by atoms with Crippen LogP contribution < -0.4 is 4.90 Å². The molecule has 2 fully saturated rings. The first kappa shape index (κ1) is 26.7. The van der Waals surface area contributed by atoms with Crippen molar-refractivity contribution in [3.63, 3.8) is 0 Å². The second kappa shape index (κ2) is 10.8. The molecule has 0 aromatic heterocycles. The number of carbonyl (C=O) groups excluding carboxylic acids is 3. The highest BCUT2D eigenvalue weighted by Crippen LogP contribution is 2.54. The molecule has 8 nitrogen and oxygen atoms in total. The van der Waals surface area contributed by atoms with E-state index in [1.807, 2.05) is 42.5 Å². The number of aliphatic hydroxyl groups is 1. The molecule has 2 amide bonds. The van der Waals surface area contributed by atoms with E-state index in [0.29, 0.717) is 30.0 Å². The molecule has 6 rings (SSSR count). The molecule has 6 atom stereocenters. The van der Waals surface area contributed by atoms with Crippen LogP contribution >= 0.6 is 11.6 Å². The predicted molar refractivity (Wildman–Crippen MR) is 149 cm³/mol. The molecule has 40 heavy (non-hydrogen) atoms. The Morgan fingerprint density at radius 1 is 1.02 bits per heavy atom. The maximum absolute atomic E-state index is 14.6. The molecule has 2 aromatic carbocycles. The van der Waals surface area contributed by atoms with E-state index in [4.69, 9.17) is 21.1 Å². The van der Waals surface area contributed by atoms with Crippen molar-refractivity contribution in [3.05, 3.63) is 89.5 Å². The number of hydrogen-bond acceptors (Lipinski definition) is 6. The van der Waals surface area contributed by atoms with Gasteiger partial charge in [-0.05, 0) is 37.0 Å². The van der Waals surface area contributed by atoms with Gasteiger partial charge in [0.2, 0.25) is 5.91 Å². The minimum Gasteiger partial charge on any atom is -0.465 e. The van der Waals surface area contributed by atoms with Gasteiger partial charge in [-0.25, -0.2) is 0 Å². The molecule has 4 aliphatic heterocycles. The van der Waals surface area contributed by atoms with Gasteiger partial charge in [0.25, 0.3) is 5.91 Å². The van der Waals surface area contributed by atoms with Gasteiger partial charge in [0, 0.05) is 6.54 Å². The maximum atomic E-state index is 14.6. The van der Waals surface area contributed by atoms with E-state index in [2.05, 4.69) is 0 Å². The first-order chi connectivity index (χ1) is 19.5. The van der Waals surface area contributed by atoms with E-state index < -0.39 is 47.5 Å². The number of anilines is 1. The highest BCUT2D eigenvalue weighted by molar-refractivity contribution is 6.34. The molecular formula is C31H31ClN2O6.